The van der Waals surface area contributed by atoms with E-state index in [-0.39, 0.29) is 56.6 Å². The predicted octanol–water partition coefficient (Wildman–Crippen LogP) is -1.22. The molecule has 1 rings (SSSR count). The van der Waals surface area contributed by atoms with Gasteiger partial charge in [0.1, 0.15) is 24.2 Å². The number of carbonyl (C=O) groups is 5. The van der Waals surface area contributed by atoms with Crippen LogP contribution in [0.1, 0.15) is 71.8 Å². The molecule has 0 spiro atoms. The monoisotopic (exact) mass is 703 g/mol. The maximum atomic E-state index is 13.9. The quantitative estimate of drug-likeness (QED) is 0.0366. The van der Waals surface area contributed by atoms with Gasteiger partial charge >= 0.3 is 5.97 Å². The standard InChI is InChI=1S/C33H57N11O6/c1-5-19(3)25(43-27(45)22(34)14-10-16-39-32(35)36)30(48)42-24(18-21-12-8-7-9-13-21)29(47)41-23(15-11-17-40-33(37)38)28(46)44-26(31(49)50)20(4)6-2/h7-9,12-13,19-20,22-26H,5-6,10-11,14-18,34H2,1-4H3,(H,41,47)(H,42,48)(H,43,45)(H,44,46)(H,49,50)(H4,35,36,39)(H4,37,38,40). The number of hydrogen-bond acceptors (Lipinski definition) is 8. The van der Waals surface area contributed by atoms with Gasteiger partial charge in [-0.25, -0.2) is 4.79 Å². The number of guanidine groups is 2. The normalized spacial score (nSPS) is 15.1. The van der Waals surface area contributed by atoms with Crippen LogP contribution < -0.4 is 49.9 Å². The molecule has 0 saturated heterocycles. The molecule has 7 unspecified atom stereocenters. The second kappa shape index (κ2) is 22.7. The number of aliphatic carboxylic acids is 1. The van der Waals surface area contributed by atoms with E-state index in [4.69, 9.17) is 28.7 Å². The number of nitrogens with two attached hydrogens (primary N) is 5. The Morgan fingerprint density at radius 3 is 1.68 bits per heavy atom. The zero-order valence-electron chi connectivity index (χ0n) is 29.6. The van der Waals surface area contributed by atoms with Crippen LogP contribution in [0, 0.1) is 11.8 Å². The van der Waals surface area contributed by atoms with E-state index in [1.807, 2.05) is 6.92 Å². The van der Waals surface area contributed by atoms with Gasteiger partial charge in [-0.15, -0.1) is 0 Å². The molecule has 280 valence electrons. The van der Waals surface area contributed by atoms with Gasteiger partial charge in [-0.2, -0.15) is 0 Å². The molecule has 50 heavy (non-hydrogen) atoms. The number of rotatable bonds is 23. The summed E-state index contributed by atoms with van der Waals surface area (Å²) in [5.74, 6) is -4.71. The SMILES string of the molecule is CCC(C)C(NC(=O)C(CCCN=C(N)N)NC(=O)C(Cc1ccccc1)NC(=O)C(NC(=O)C(N)CCCN=C(N)N)C(C)CC)C(=O)O. The lowest BCUT2D eigenvalue weighted by molar-refractivity contribution is -0.144. The number of hydrogen-bond donors (Lipinski definition) is 10. The van der Waals surface area contributed by atoms with E-state index < -0.39 is 65.7 Å². The summed E-state index contributed by atoms with van der Waals surface area (Å²) >= 11 is 0. The fourth-order valence-corrected chi connectivity index (χ4v) is 4.91. The highest BCUT2D eigenvalue weighted by Gasteiger charge is 2.34. The Bertz CT molecular complexity index is 1300. The largest absolute Gasteiger partial charge is 0.480 e. The molecule has 1 aromatic rings. The molecule has 0 radical (unpaired) electrons. The second-order valence-electron chi connectivity index (χ2n) is 12.4. The van der Waals surface area contributed by atoms with Crippen LogP contribution in [-0.2, 0) is 30.4 Å². The van der Waals surface area contributed by atoms with Crippen LogP contribution in [0.25, 0.3) is 0 Å². The average Bonchev–Trinajstić information content (AvgIpc) is 3.07. The van der Waals surface area contributed by atoms with Crippen molar-refractivity contribution in [3.63, 3.8) is 0 Å². The van der Waals surface area contributed by atoms with Gasteiger partial charge in [-0.3, -0.25) is 29.2 Å². The highest BCUT2D eigenvalue weighted by atomic mass is 16.4. The zero-order chi connectivity index (χ0) is 37.8. The number of nitrogens with zero attached hydrogens (tertiary/aromatic N) is 2. The molecule has 0 saturated carbocycles. The molecule has 0 aliphatic heterocycles. The first-order valence-corrected chi connectivity index (χ1v) is 17.0. The van der Waals surface area contributed by atoms with Crippen LogP contribution in [0.5, 0.6) is 0 Å². The average molecular weight is 704 g/mol. The minimum absolute atomic E-state index is 0.0524. The summed E-state index contributed by atoms with van der Waals surface area (Å²) in [6.45, 7) is 7.59. The number of nitrogens with one attached hydrogen (secondary N) is 4. The van der Waals surface area contributed by atoms with E-state index >= 15 is 0 Å². The fraction of sp³-hybridized carbons (Fsp3) is 0.606. The minimum atomic E-state index is -1.21. The Morgan fingerprint density at radius 2 is 1.16 bits per heavy atom. The number of carboxylic acids is 1. The molecule has 0 bridgehead atoms. The van der Waals surface area contributed by atoms with Crippen molar-refractivity contribution in [2.24, 2.45) is 50.5 Å². The third-order valence-corrected chi connectivity index (χ3v) is 8.37. The van der Waals surface area contributed by atoms with Crippen LogP contribution in [0.2, 0.25) is 0 Å². The highest BCUT2D eigenvalue weighted by molar-refractivity contribution is 5.95. The molecule has 4 amide bonds. The zero-order valence-corrected chi connectivity index (χ0v) is 29.6. The molecular formula is C33H57N11O6. The van der Waals surface area contributed by atoms with Gasteiger partial charge in [0.05, 0.1) is 6.04 Å². The number of carboxylic acid groups (broad SMARTS) is 1. The lowest BCUT2D eigenvalue weighted by Crippen LogP contribution is -2.60. The Kier molecular flexibility index (Phi) is 19.5. The van der Waals surface area contributed by atoms with Crippen molar-refractivity contribution >= 4 is 41.5 Å². The molecule has 17 heteroatoms. The number of benzene rings is 1. The van der Waals surface area contributed by atoms with Crippen molar-refractivity contribution < 1.29 is 29.1 Å². The number of aliphatic imine (C=N–C) groups is 2. The topological polar surface area (TPSA) is 309 Å². The van der Waals surface area contributed by atoms with E-state index in [1.165, 1.54) is 0 Å². The molecular weight excluding hydrogens is 646 g/mol. The van der Waals surface area contributed by atoms with Crippen molar-refractivity contribution in [2.45, 2.75) is 103 Å². The first kappa shape index (κ1) is 43.1. The van der Waals surface area contributed by atoms with Crippen LogP contribution in [0.3, 0.4) is 0 Å². The van der Waals surface area contributed by atoms with Crippen molar-refractivity contribution in [3.8, 4) is 0 Å². The number of amides is 4. The van der Waals surface area contributed by atoms with Crippen LogP contribution in [0.4, 0.5) is 0 Å². The molecule has 1 aromatic carbocycles. The summed E-state index contributed by atoms with van der Waals surface area (Å²) in [5.41, 5.74) is 28.3. The summed E-state index contributed by atoms with van der Waals surface area (Å²) in [4.78, 5) is 73.9. The second-order valence-corrected chi connectivity index (χ2v) is 12.4. The lowest BCUT2D eigenvalue weighted by atomic mass is 9.96. The Balaban J connectivity index is 3.31. The molecule has 17 nitrogen and oxygen atoms in total. The van der Waals surface area contributed by atoms with Gasteiger partial charge in [0.15, 0.2) is 11.9 Å². The van der Waals surface area contributed by atoms with Gasteiger partial charge in [-0.05, 0) is 43.1 Å². The molecule has 0 heterocycles. The molecule has 15 N–H and O–H groups in total. The maximum absolute atomic E-state index is 13.9. The Labute approximate surface area is 294 Å². The lowest BCUT2D eigenvalue weighted by Gasteiger charge is -2.29. The van der Waals surface area contributed by atoms with Crippen molar-refractivity contribution in [3.05, 3.63) is 35.9 Å². The van der Waals surface area contributed by atoms with Gasteiger partial charge in [0.25, 0.3) is 0 Å². The third-order valence-electron chi connectivity index (χ3n) is 8.37. The van der Waals surface area contributed by atoms with Crippen molar-refractivity contribution in [2.75, 3.05) is 13.1 Å². The first-order valence-electron chi connectivity index (χ1n) is 17.0. The molecule has 0 fully saturated rings. The van der Waals surface area contributed by atoms with E-state index in [0.717, 1.165) is 5.56 Å². The first-order chi connectivity index (χ1) is 23.6. The highest BCUT2D eigenvalue weighted by Crippen LogP contribution is 2.13. The van der Waals surface area contributed by atoms with Crippen LogP contribution in [-0.4, -0.2) is 89.9 Å². The van der Waals surface area contributed by atoms with Crippen LogP contribution >= 0.6 is 0 Å². The van der Waals surface area contributed by atoms with Crippen molar-refractivity contribution in [1.82, 2.24) is 21.3 Å². The molecule has 0 aliphatic carbocycles. The van der Waals surface area contributed by atoms with E-state index in [2.05, 4.69) is 31.3 Å². The molecule has 0 aliphatic rings. The maximum Gasteiger partial charge on any atom is 0.326 e. The van der Waals surface area contributed by atoms with Gasteiger partial charge in [0.2, 0.25) is 23.6 Å². The summed E-state index contributed by atoms with van der Waals surface area (Å²) in [7, 11) is 0. The summed E-state index contributed by atoms with van der Waals surface area (Å²) < 4.78 is 0. The van der Waals surface area contributed by atoms with Gasteiger partial charge < -0.3 is 55.0 Å². The summed E-state index contributed by atoms with van der Waals surface area (Å²) in [6.07, 6.45) is 2.12. The molecule has 0 aromatic heterocycles. The van der Waals surface area contributed by atoms with E-state index in [9.17, 15) is 29.1 Å². The number of carbonyl (C=O) groups excluding carboxylic acids is 4. The predicted molar refractivity (Wildman–Crippen MR) is 192 cm³/mol. The fourth-order valence-electron chi connectivity index (χ4n) is 4.91. The molecule has 7 atom stereocenters. The smallest absolute Gasteiger partial charge is 0.326 e. The Morgan fingerprint density at radius 1 is 0.680 bits per heavy atom. The van der Waals surface area contributed by atoms with Gasteiger partial charge in [-0.1, -0.05) is 70.9 Å². The third kappa shape index (κ3) is 16.0. The Hall–Kier alpha value is -4.93. The van der Waals surface area contributed by atoms with Crippen LogP contribution in [0.15, 0.2) is 40.3 Å². The van der Waals surface area contributed by atoms with Gasteiger partial charge in [0, 0.05) is 19.5 Å². The van der Waals surface area contributed by atoms with E-state index in [0.29, 0.717) is 19.3 Å². The summed E-state index contributed by atoms with van der Waals surface area (Å²) in [6, 6.07) is 3.41. The van der Waals surface area contributed by atoms with E-state index in [1.54, 1.807) is 51.1 Å². The van der Waals surface area contributed by atoms with Crippen molar-refractivity contribution in [1.29, 1.82) is 0 Å². The summed E-state index contributed by atoms with van der Waals surface area (Å²) in [5, 5.41) is 20.5. The minimum Gasteiger partial charge on any atom is -0.480 e.